The van der Waals surface area contributed by atoms with Crippen LogP contribution in [0.25, 0.3) is 0 Å². The SMILES string of the molecule is CC(=O)Nc1ccc(C(=O)OCC(=O)N[C@H](Cc2ccccc2)C(C)=O)cc1. The van der Waals surface area contributed by atoms with E-state index in [4.69, 9.17) is 4.74 Å². The van der Waals surface area contributed by atoms with E-state index < -0.39 is 24.5 Å². The Balaban J connectivity index is 1.86. The van der Waals surface area contributed by atoms with Crippen LogP contribution in [-0.4, -0.2) is 36.2 Å². The summed E-state index contributed by atoms with van der Waals surface area (Å²) >= 11 is 0. The minimum Gasteiger partial charge on any atom is -0.452 e. The number of hydrogen-bond acceptors (Lipinski definition) is 5. The van der Waals surface area contributed by atoms with Crippen molar-refractivity contribution in [1.82, 2.24) is 5.32 Å². The second-order valence-electron chi connectivity index (χ2n) is 6.26. The molecule has 0 aromatic heterocycles. The molecule has 0 fully saturated rings. The number of amides is 2. The Labute approximate surface area is 163 Å². The van der Waals surface area contributed by atoms with Crippen molar-refractivity contribution in [3.05, 3.63) is 65.7 Å². The van der Waals surface area contributed by atoms with Gasteiger partial charge in [0.05, 0.1) is 11.6 Å². The Morgan fingerprint density at radius 3 is 2.14 bits per heavy atom. The van der Waals surface area contributed by atoms with Crippen LogP contribution in [0.5, 0.6) is 0 Å². The van der Waals surface area contributed by atoms with E-state index in [0.717, 1.165) is 5.56 Å². The first-order chi connectivity index (χ1) is 13.3. The number of carbonyl (C=O) groups is 4. The summed E-state index contributed by atoms with van der Waals surface area (Å²) in [6.45, 7) is 2.29. The van der Waals surface area contributed by atoms with Gasteiger partial charge in [0.25, 0.3) is 5.91 Å². The highest BCUT2D eigenvalue weighted by atomic mass is 16.5. The standard InChI is InChI=1S/C21H22N2O5/c1-14(24)19(12-16-6-4-3-5-7-16)23-20(26)13-28-21(27)17-8-10-18(11-9-17)22-15(2)25/h3-11,19H,12-13H2,1-2H3,(H,22,25)(H,23,26)/t19-/m1/s1. The predicted molar refractivity (Wildman–Crippen MR) is 104 cm³/mol. The van der Waals surface area contributed by atoms with Crippen molar-refractivity contribution in [3.8, 4) is 0 Å². The zero-order valence-corrected chi connectivity index (χ0v) is 15.7. The van der Waals surface area contributed by atoms with E-state index in [-0.39, 0.29) is 17.3 Å². The van der Waals surface area contributed by atoms with Gasteiger partial charge in [0.1, 0.15) is 0 Å². The maximum absolute atomic E-state index is 12.1. The lowest BCUT2D eigenvalue weighted by Gasteiger charge is -2.16. The Kier molecular flexibility index (Phi) is 7.45. The van der Waals surface area contributed by atoms with Crippen molar-refractivity contribution >= 4 is 29.3 Å². The minimum absolute atomic E-state index is 0.183. The van der Waals surface area contributed by atoms with Crippen LogP contribution in [0.4, 0.5) is 5.69 Å². The second-order valence-corrected chi connectivity index (χ2v) is 6.26. The van der Waals surface area contributed by atoms with Gasteiger partial charge < -0.3 is 15.4 Å². The van der Waals surface area contributed by atoms with Crippen molar-refractivity contribution in [1.29, 1.82) is 0 Å². The molecular weight excluding hydrogens is 360 g/mol. The number of esters is 1. The number of benzene rings is 2. The molecule has 0 aliphatic rings. The first-order valence-electron chi connectivity index (χ1n) is 8.73. The summed E-state index contributed by atoms with van der Waals surface area (Å²) in [5, 5.41) is 5.18. The summed E-state index contributed by atoms with van der Waals surface area (Å²) < 4.78 is 4.99. The van der Waals surface area contributed by atoms with Crippen molar-refractivity contribution in [2.45, 2.75) is 26.3 Å². The van der Waals surface area contributed by atoms with Gasteiger partial charge in [-0.15, -0.1) is 0 Å². The Morgan fingerprint density at radius 2 is 1.57 bits per heavy atom. The number of nitrogens with one attached hydrogen (secondary N) is 2. The molecule has 0 aliphatic heterocycles. The quantitative estimate of drug-likeness (QED) is 0.681. The Morgan fingerprint density at radius 1 is 0.929 bits per heavy atom. The summed E-state index contributed by atoms with van der Waals surface area (Å²) in [4.78, 5) is 46.9. The average molecular weight is 382 g/mol. The largest absolute Gasteiger partial charge is 0.452 e. The first kappa shape index (κ1) is 20.8. The number of hydrogen-bond donors (Lipinski definition) is 2. The van der Waals surface area contributed by atoms with E-state index in [2.05, 4.69) is 10.6 Å². The Hall–Kier alpha value is -3.48. The molecule has 0 unspecified atom stereocenters. The molecule has 2 aromatic rings. The summed E-state index contributed by atoms with van der Waals surface area (Å²) in [5.41, 5.74) is 1.71. The first-order valence-corrected chi connectivity index (χ1v) is 8.73. The predicted octanol–water partition coefficient (Wildman–Crippen LogP) is 2.12. The average Bonchev–Trinajstić information content (AvgIpc) is 2.66. The van der Waals surface area contributed by atoms with Crippen LogP contribution < -0.4 is 10.6 Å². The molecule has 2 rings (SSSR count). The molecule has 7 nitrogen and oxygen atoms in total. The minimum atomic E-state index is -0.689. The van der Waals surface area contributed by atoms with Gasteiger partial charge in [-0.25, -0.2) is 4.79 Å². The monoisotopic (exact) mass is 382 g/mol. The normalized spacial score (nSPS) is 11.2. The van der Waals surface area contributed by atoms with Crippen LogP contribution in [0.3, 0.4) is 0 Å². The van der Waals surface area contributed by atoms with Crippen molar-refractivity contribution in [3.63, 3.8) is 0 Å². The number of anilines is 1. The molecule has 2 N–H and O–H groups in total. The molecule has 0 aliphatic carbocycles. The lowest BCUT2D eigenvalue weighted by Crippen LogP contribution is -2.43. The van der Waals surface area contributed by atoms with Crippen LogP contribution in [0.15, 0.2) is 54.6 Å². The van der Waals surface area contributed by atoms with Crippen LogP contribution in [0.1, 0.15) is 29.8 Å². The lowest BCUT2D eigenvalue weighted by molar-refractivity contribution is -0.128. The lowest BCUT2D eigenvalue weighted by atomic mass is 10.0. The second kappa shape index (κ2) is 10.0. The van der Waals surface area contributed by atoms with E-state index in [0.29, 0.717) is 12.1 Å². The highest BCUT2D eigenvalue weighted by molar-refractivity contribution is 5.94. The number of ketones is 1. The molecule has 146 valence electrons. The van der Waals surface area contributed by atoms with Gasteiger partial charge in [-0.05, 0) is 43.2 Å². The molecule has 28 heavy (non-hydrogen) atoms. The van der Waals surface area contributed by atoms with E-state index in [1.54, 1.807) is 12.1 Å². The molecular formula is C21H22N2O5. The van der Waals surface area contributed by atoms with Crippen LogP contribution >= 0.6 is 0 Å². The number of carbonyl (C=O) groups excluding carboxylic acids is 4. The van der Waals surface area contributed by atoms with Gasteiger partial charge in [-0.2, -0.15) is 0 Å². The van der Waals surface area contributed by atoms with Gasteiger partial charge in [-0.1, -0.05) is 30.3 Å². The molecule has 0 radical (unpaired) electrons. The molecule has 2 aromatic carbocycles. The fraction of sp³-hybridized carbons (Fsp3) is 0.238. The van der Waals surface area contributed by atoms with Crippen molar-refractivity contribution < 1.29 is 23.9 Å². The molecule has 0 heterocycles. The third kappa shape index (κ3) is 6.68. The molecule has 0 bridgehead atoms. The number of Topliss-reactive ketones (excluding diaryl/α,β-unsaturated/α-hetero) is 1. The van der Waals surface area contributed by atoms with Crippen molar-refractivity contribution in [2.75, 3.05) is 11.9 Å². The van der Waals surface area contributed by atoms with Gasteiger partial charge in [0, 0.05) is 12.6 Å². The summed E-state index contributed by atoms with van der Waals surface area (Å²) in [7, 11) is 0. The summed E-state index contributed by atoms with van der Waals surface area (Å²) in [6, 6.07) is 14.7. The number of rotatable bonds is 8. The molecule has 0 saturated heterocycles. The topological polar surface area (TPSA) is 102 Å². The smallest absolute Gasteiger partial charge is 0.338 e. The maximum atomic E-state index is 12.1. The number of ether oxygens (including phenoxy) is 1. The van der Waals surface area contributed by atoms with E-state index in [1.807, 2.05) is 30.3 Å². The highest BCUT2D eigenvalue weighted by Crippen LogP contribution is 2.10. The van der Waals surface area contributed by atoms with Gasteiger partial charge >= 0.3 is 5.97 Å². The highest BCUT2D eigenvalue weighted by Gasteiger charge is 2.19. The van der Waals surface area contributed by atoms with Crippen LogP contribution in [-0.2, 0) is 25.5 Å². The van der Waals surface area contributed by atoms with Crippen LogP contribution in [0, 0.1) is 0 Å². The molecule has 0 saturated carbocycles. The summed E-state index contributed by atoms with van der Waals surface area (Å²) in [6.07, 6.45) is 0.362. The van der Waals surface area contributed by atoms with Gasteiger partial charge in [-0.3, -0.25) is 14.4 Å². The van der Waals surface area contributed by atoms with E-state index in [1.165, 1.54) is 26.0 Å². The van der Waals surface area contributed by atoms with Gasteiger partial charge in [0.15, 0.2) is 12.4 Å². The molecule has 1 atom stereocenters. The third-order valence-corrected chi connectivity index (χ3v) is 3.88. The fourth-order valence-corrected chi connectivity index (χ4v) is 2.49. The molecule has 2 amide bonds. The third-order valence-electron chi connectivity index (χ3n) is 3.88. The molecule has 0 spiro atoms. The van der Waals surface area contributed by atoms with Crippen molar-refractivity contribution in [2.24, 2.45) is 0 Å². The summed E-state index contributed by atoms with van der Waals surface area (Å²) in [5.74, 6) is -1.63. The van der Waals surface area contributed by atoms with E-state index >= 15 is 0 Å². The van der Waals surface area contributed by atoms with Crippen LogP contribution in [0.2, 0.25) is 0 Å². The Bertz CT molecular complexity index is 847. The fourth-order valence-electron chi connectivity index (χ4n) is 2.49. The molecule has 7 heteroatoms. The zero-order chi connectivity index (χ0) is 20.5. The zero-order valence-electron chi connectivity index (χ0n) is 15.7. The van der Waals surface area contributed by atoms with Gasteiger partial charge in [0.2, 0.25) is 5.91 Å². The maximum Gasteiger partial charge on any atom is 0.338 e. The van der Waals surface area contributed by atoms with E-state index in [9.17, 15) is 19.2 Å².